The van der Waals surface area contributed by atoms with Gasteiger partial charge >= 0.3 is 5.97 Å². The zero-order valence-electron chi connectivity index (χ0n) is 16.8. The number of nitrogens with zero attached hydrogens (tertiary/aromatic N) is 2. The predicted octanol–water partition coefficient (Wildman–Crippen LogP) is 3.14. The molecule has 0 saturated carbocycles. The van der Waals surface area contributed by atoms with Crippen molar-refractivity contribution in [2.24, 2.45) is 0 Å². The number of piperazine rings is 1. The number of halogens is 2. The molecule has 0 radical (unpaired) electrons. The second kappa shape index (κ2) is 10.8. The number of amides is 1. The third kappa shape index (κ3) is 6.19. The van der Waals surface area contributed by atoms with Crippen molar-refractivity contribution in [2.45, 2.75) is 12.6 Å². The first-order chi connectivity index (χ1) is 14.5. The highest BCUT2D eigenvalue weighted by molar-refractivity contribution is 6.30. The first-order valence-electron chi connectivity index (χ1n) is 9.77. The lowest BCUT2D eigenvalue weighted by Gasteiger charge is -2.38. The van der Waals surface area contributed by atoms with E-state index in [0.29, 0.717) is 49.3 Å². The highest BCUT2D eigenvalue weighted by Crippen LogP contribution is 2.25. The molecule has 1 amide bonds. The summed E-state index contributed by atoms with van der Waals surface area (Å²) < 4.78 is 5.02. The summed E-state index contributed by atoms with van der Waals surface area (Å²) in [5.41, 5.74) is 1.85. The van der Waals surface area contributed by atoms with Gasteiger partial charge in [0.1, 0.15) is 6.04 Å². The maximum Gasteiger partial charge on any atom is 0.327 e. The third-order valence-corrected chi connectivity index (χ3v) is 5.66. The second-order valence-corrected chi connectivity index (χ2v) is 8.07. The van der Waals surface area contributed by atoms with E-state index in [-0.39, 0.29) is 11.9 Å². The fourth-order valence-electron chi connectivity index (χ4n) is 3.49. The Kier molecular flexibility index (Phi) is 8.10. The van der Waals surface area contributed by atoms with Crippen LogP contribution in [0, 0.1) is 0 Å². The quantitative estimate of drug-likeness (QED) is 0.657. The Morgan fingerprint density at radius 2 is 1.53 bits per heavy atom. The van der Waals surface area contributed by atoms with Crippen molar-refractivity contribution in [3.63, 3.8) is 0 Å². The van der Waals surface area contributed by atoms with E-state index in [1.54, 1.807) is 24.3 Å². The van der Waals surface area contributed by atoms with E-state index in [1.807, 2.05) is 24.3 Å². The number of esters is 1. The van der Waals surface area contributed by atoms with Crippen molar-refractivity contribution in [1.29, 1.82) is 0 Å². The Labute approximate surface area is 186 Å². The van der Waals surface area contributed by atoms with Crippen LogP contribution >= 0.6 is 23.2 Å². The van der Waals surface area contributed by atoms with Crippen LogP contribution in [0.3, 0.4) is 0 Å². The van der Waals surface area contributed by atoms with Gasteiger partial charge in [-0.1, -0.05) is 47.5 Å². The van der Waals surface area contributed by atoms with E-state index in [4.69, 9.17) is 27.9 Å². The number of hydrogen-bond donors (Lipinski definition) is 1. The van der Waals surface area contributed by atoms with Crippen LogP contribution in [0.1, 0.15) is 17.2 Å². The monoisotopic (exact) mass is 449 g/mol. The Morgan fingerprint density at radius 1 is 0.967 bits per heavy atom. The minimum Gasteiger partial charge on any atom is -0.468 e. The molecule has 2 aromatic carbocycles. The molecule has 30 heavy (non-hydrogen) atoms. The van der Waals surface area contributed by atoms with E-state index in [1.165, 1.54) is 7.11 Å². The Balaban J connectivity index is 1.51. The molecule has 1 atom stereocenters. The summed E-state index contributed by atoms with van der Waals surface area (Å²) in [7, 11) is 1.40. The molecule has 160 valence electrons. The van der Waals surface area contributed by atoms with Crippen LogP contribution in [0.15, 0.2) is 48.5 Å². The van der Waals surface area contributed by atoms with Gasteiger partial charge in [0, 0.05) is 42.8 Å². The van der Waals surface area contributed by atoms with Crippen LogP contribution in [-0.4, -0.2) is 61.5 Å². The lowest BCUT2D eigenvalue weighted by atomic mass is 10.0. The predicted molar refractivity (Wildman–Crippen MR) is 118 cm³/mol. The molecule has 8 heteroatoms. The summed E-state index contributed by atoms with van der Waals surface area (Å²) in [6, 6.07) is 14.2. The number of methoxy groups -OCH3 is 1. The van der Waals surface area contributed by atoms with Crippen LogP contribution in [0.5, 0.6) is 0 Å². The molecule has 0 bridgehead atoms. The lowest BCUT2D eigenvalue weighted by Crippen LogP contribution is -2.51. The average Bonchev–Trinajstić information content (AvgIpc) is 2.76. The van der Waals surface area contributed by atoms with Crippen molar-refractivity contribution >= 4 is 35.1 Å². The van der Waals surface area contributed by atoms with Crippen LogP contribution in [0.4, 0.5) is 0 Å². The summed E-state index contributed by atoms with van der Waals surface area (Å²) in [4.78, 5) is 28.9. The van der Waals surface area contributed by atoms with Gasteiger partial charge < -0.3 is 10.1 Å². The van der Waals surface area contributed by atoms with Gasteiger partial charge in [0.05, 0.1) is 13.7 Å². The van der Waals surface area contributed by atoms with Crippen molar-refractivity contribution in [3.05, 3.63) is 69.7 Å². The highest BCUT2D eigenvalue weighted by Gasteiger charge is 2.31. The summed E-state index contributed by atoms with van der Waals surface area (Å²) in [6.45, 7) is 3.49. The lowest BCUT2D eigenvalue weighted by molar-refractivity contribution is -0.148. The number of carbonyl (C=O) groups excluding carboxylic acids is 2. The van der Waals surface area contributed by atoms with Gasteiger partial charge in [0.25, 0.3) is 0 Å². The molecule has 2 aromatic rings. The zero-order chi connectivity index (χ0) is 21.5. The molecular formula is C22H25Cl2N3O3. The Bertz CT molecular complexity index is 851. The molecule has 6 nitrogen and oxygen atoms in total. The Morgan fingerprint density at radius 3 is 2.10 bits per heavy atom. The van der Waals surface area contributed by atoms with E-state index in [2.05, 4.69) is 15.1 Å². The number of hydrogen-bond acceptors (Lipinski definition) is 5. The number of nitrogens with one attached hydrogen (secondary N) is 1. The minimum atomic E-state index is -0.479. The van der Waals surface area contributed by atoms with E-state index in [9.17, 15) is 9.59 Å². The molecule has 1 aliphatic heterocycles. The first kappa shape index (κ1) is 22.6. The van der Waals surface area contributed by atoms with Crippen molar-refractivity contribution < 1.29 is 14.3 Å². The maximum atomic E-state index is 12.4. The second-order valence-electron chi connectivity index (χ2n) is 7.19. The molecule has 0 aliphatic carbocycles. The van der Waals surface area contributed by atoms with Crippen LogP contribution in [0.25, 0.3) is 0 Å². The SMILES string of the molecule is COC(=O)C(c1ccc(Cl)cc1)N1CCN(CC(=O)NCc2ccc(Cl)cc2)CC1. The summed E-state index contributed by atoms with van der Waals surface area (Å²) in [5.74, 6) is -0.327. The topological polar surface area (TPSA) is 61.9 Å². The molecule has 1 heterocycles. The summed E-state index contributed by atoms with van der Waals surface area (Å²) in [6.07, 6.45) is 0. The third-order valence-electron chi connectivity index (χ3n) is 5.15. The fraction of sp³-hybridized carbons (Fsp3) is 0.364. The van der Waals surface area contributed by atoms with Gasteiger partial charge in [0.2, 0.25) is 5.91 Å². The Hall–Kier alpha value is -2.12. The van der Waals surface area contributed by atoms with Crippen LogP contribution in [0.2, 0.25) is 10.0 Å². The maximum absolute atomic E-state index is 12.4. The fourth-order valence-corrected chi connectivity index (χ4v) is 3.75. The van der Waals surface area contributed by atoms with Gasteiger partial charge in [-0.05, 0) is 35.4 Å². The zero-order valence-corrected chi connectivity index (χ0v) is 18.3. The summed E-state index contributed by atoms with van der Waals surface area (Å²) >= 11 is 11.9. The number of ether oxygens (including phenoxy) is 1. The van der Waals surface area contributed by atoms with Crippen molar-refractivity contribution in [1.82, 2.24) is 15.1 Å². The van der Waals surface area contributed by atoms with Crippen LogP contribution in [-0.2, 0) is 20.9 Å². The van der Waals surface area contributed by atoms with E-state index < -0.39 is 6.04 Å². The smallest absolute Gasteiger partial charge is 0.327 e. The first-order valence-corrected chi connectivity index (χ1v) is 10.5. The van der Waals surface area contributed by atoms with Crippen LogP contribution < -0.4 is 5.32 Å². The van der Waals surface area contributed by atoms with Gasteiger partial charge in [-0.15, -0.1) is 0 Å². The normalized spacial score (nSPS) is 16.1. The standard InChI is InChI=1S/C22H25Cl2N3O3/c1-30-22(29)21(17-4-8-19(24)9-5-17)27-12-10-26(11-13-27)15-20(28)25-14-16-2-6-18(23)7-3-16/h2-9,21H,10-15H2,1H3,(H,25,28). The van der Waals surface area contributed by atoms with Crippen molar-refractivity contribution in [3.8, 4) is 0 Å². The van der Waals surface area contributed by atoms with Gasteiger partial charge in [-0.3, -0.25) is 14.6 Å². The molecule has 3 rings (SSSR count). The molecule has 1 fully saturated rings. The largest absolute Gasteiger partial charge is 0.468 e. The number of benzene rings is 2. The average molecular weight is 450 g/mol. The van der Waals surface area contributed by atoms with E-state index >= 15 is 0 Å². The highest BCUT2D eigenvalue weighted by atomic mass is 35.5. The van der Waals surface area contributed by atoms with Gasteiger partial charge in [-0.2, -0.15) is 0 Å². The molecule has 1 unspecified atom stereocenters. The molecule has 1 aliphatic rings. The minimum absolute atomic E-state index is 0.0272. The van der Waals surface area contributed by atoms with Gasteiger partial charge in [-0.25, -0.2) is 4.79 Å². The number of carbonyl (C=O) groups is 2. The molecule has 1 N–H and O–H groups in total. The van der Waals surface area contributed by atoms with Crippen molar-refractivity contribution in [2.75, 3.05) is 39.8 Å². The molecule has 0 spiro atoms. The number of rotatable bonds is 7. The molecule has 1 saturated heterocycles. The molecule has 0 aromatic heterocycles. The summed E-state index contributed by atoms with van der Waals surface area (Å²) in [5, 5.41) is 4.23. The molecular weight excluding hydrogens is 425 g/mol. The van der Waals surface area contributed by atoms with E-state index in [0.717, 1.165) is 11.1 Å². The van der Waals surface area contributed by atoms with Gasteiger partial charge in [0.15, 0.2) is 0 Å².